The number of benzene rings is 3. The number of carbonyl (C=O) groups is 2. The van der Waals surface area contributed by atoms with Crippen LogP contribution >= 0.6 is 0 Å². The zero-order chi connectivity index (χ0) is 24.2. The van der Waals surface area contributed by atoms with Gasteiger partial charge in [0.1, 0.15) is 11.6 Å². The molecule has 2 amide bonds. The van der Waals surface area contributed by atoms with E-state index in [1.807, 2.05) is 73.3 Å². The summed E-state index contributed by atoms with van der Waals surface area (Å²) < 4.78 is 20.1. The van der Waals surface area contributed by atoms with Crippen molar-refractivity contribution in [3.05, 3.63) is 95.3 Å². The molecule has 3 aromatic rings. The van der Waals surface area contributed by atoms with Crippen molar-refractivity contribution in [1.82, 2.24) is 4.90 Å². The summed E-state index contributed by atoms with van der Waals surface area (Å²) in [6, 6.07) is 20.8. The summed E-state index contributed by atoms with van der Waals surface area (Å²) in [5.74, 6) is -0.252. The van der Waals surface area contributed by atoms with Crippen molar-refractivity contribution in [2.75, 3.05) is 11.9 Å². The third-order valence-corrected chi connectivity index (χ3v) is 6.01. The number of hydrogen-bond acceptors (Lipinski definition) is 3. The molecule has 2 atom stereocenters. The highest BCUT2D eigenvalue weighted by Crippen LogP contribution is 2.38. The minimum absolute atomic E-state index is 0.0156. The van der Waals surface area contributed by atoms with E-state index < -0.39 is 12.1 Å². The molecule has 3 aromatic carbocycles. The Labute approximate surface area is 199 Å². The molecule has 0 unspecified atom stereocenters. The second kappa shape index (κ2) is 10.1. The number of fused-ring (bicyclic) bond motifs is 1. The fourth-order valence-electron chi connectivity index (χ4n) is 4.29. The number of rotatable bonds is 6. The van der Waals surface area contributed by atoms with E-state index in [-0.39, 0.29) is 23.5 Å². The average molecular weight is 461 g/mol. The molecular formula is C28H29FN2O3. The molecule has 0 saturated heterocycles. The number of anilines is 1. The van der Waals surface area contributed by atoms with Crippen LogP contribution in [0.3, 0.4) is 0 Å². The molecule has 1 N–H and O–H groups in total. The first-order chi connectivity index (χ1) is 16.3. The van der Waals surface area contributed by atoms with Gasteiger partial charge in [-0.25, -0.2) is 4.39 Å². The zero-order valence-electron chi connectivity index (χ0n) is 19.6. The van der Waals surface area contributed by atoms with E-state index in [0.29, 0.717) is 30.0 Å². The van der Waals surface area contributed by atoms with Gasteiger partial charge in [0.15, 0.2) is 6.10 Å². The molecule has 176 valence electrons. The summed E-state index contributed by atoms with van der Waals surface area (Å²) in [7, 11) is 0. The molecule has 1 aliphatic heterocycles. The Hall–Kier alpha value is -3.67. The number of ether oxygens (including phenoxy) is 1. The summed E-state index contributed by atoms with van der Waals surface area (Å²) >= 11 is 0. The highest BCUT2D eigenvalue weighted by atomic mass is 19.1. The topological polar surface area (TPSA) is 58.6 Å². The second-order valence-electron chi connectivity index (χ2n) is 8.87. The normalized spacial score (nSPS) is 16.0. The lowest BCUT2D eigenvalue weighted by Crippen LogP contribution is -2.42. The van der Waals surface area contributed by atoms with Crippen LogP contribution in [0.5, 0.6) is 5.75 Å². The highest BCUT2D eigenvalue weighted by molar-refractivity contribution is 5.94. The number of amides is 2. The lowest BCUT2D eigenvalue weighted by molar-refractivity contribution is -0.136. The number of nitrogens with zero attached hydrogens (tertiary/aromatic N) is 1. The van der Waals surface area contributed by atoms with Gasteiger partial charge in [-0.1, -0.05) is 50.2 Å². The van der Waals surface area contributed by atoms with Gasteiger partial charge >= 0.3 is 0 Å². The lowest BCUT2D eigenvalue weighted by Gasteiger charge is -2.39. The van der Waals surface area contributed by atoms with Gasteiger partial charge in [0.25, 0.3) is 5.91 Å². The van der Waals surface area contributed by atoms with Crippen molar-refractivity contribution in [2.45, 2.75) is 39.3 Å². The molecule has 5 nitrogen and oxygen atoms in total. The zero-order valence-corrected chi connectivity index (χ0v) is 19.6. The first-order valence-electron chi connectivity index (χ1n) is 11.5. The lowest BCUT2D eigenvalue weighted by atomic mass is 9.87. The van der Waals surface area contributed by atoms with E-state index in [1.54, 1.807) is 13.0 Å². The van der Waals surface area contributed by atoms with Crippen molar-refractivity contribution in [3.8, 4) is 5.75 Å². The minimum atomic E-state index is -0.733. The van der Waals surface area contributed by atoms with Crippen LogP contribution in [0.2, 0.25) is 0 Å². The van der Waals surface area contributed by atoms with Crippen molar-refractivity contribution in [1.29, 1.82) is 0 Å². The predicted molar refractivity (Wildman–Crippen MR) is 130 cm³/mol. The Morgan fingerprint density at radius 3 is 2.47 bits per heavy atom. The molecule has 0 aliphatic carbocycles. The third-order valence-electron chi connectivity index (χ3n) is 6.01. The summed E-state index contributed by atoms with van der Waals surface area (Å²) in [4.78, 5) is 27.5. The van der Waals surface area contributed by atoms with Crippen LogP contribution in [0.1, 0.15) is 43.5 Å². The van der Waals surface area contributed by atoms with Crippen LogP contribution in [-0.2, 0) is 16.0 Å². The maximum Gasteiger partial charge on any atom is 0.265 e. The summed E-state index contributed by atoms with van der Waals surface area (Å²) in [6.45, 7) is 5.98. The Kier molecular flexibility index (Phi) is 6.96. The summed E-state index contributed by atoms with van der Waals surface area (Å²) in [5.41, 5.74) is 3.37. The molecule has 0 radical (unpaired) electrons. The molecule has 0 fully saturated rings. The standard InChI is InChI=1S/C28H29FN2O3/c1-18(2)28(33)31-15-14-20-12-13-24(17-25(20)26(31)21-8-7-9-22(29)16-21)34-19(3)27(32)30-23-10-5-4-6-11-23/h4-13,16-19,26H,14-15H2,1-3H3,(H,30,32)/t19-,26+/m1/s1. The Morgan fingerprint density at radius 2 is 1.76 bits per heavy atom. The van der Waals surface area contributed by atoms with Crippen LogP contribution in [0.15, 0.2) is 72.8 Å². The van der Waals surface area contributed by atoms with Gasteiger partial charge in [-0.3, -0.25) is 9.59 Å². The van der Waals surface area contributed by atoms with E-state index in [2.05, 4.69) is 5.32 Å². The van der Waals surface area contributed by atoms with Crippen LogP contribution in [0, 0.1) is 11.7 Å². The van der Waals surface area contributed by atoms with Gasteiger partial charge in [-0.05, 0) is 66.4 Å². The summed E-state index contributed by atoms with van der Waals surface area (Å²) in [6.07, 6.45) is -0.0351. The van der Waals surface area contributed by atoms with Crippen molar-refractivity contribution < 1.29 is 18.7 Å². The highest BCUT2D eigenvalue weighted by Gasteiger charge is 2.33. The molecule has 0 spiro atoms. The van der Waals surface area contributed by atoms with Crippen LogP contribution < -0.4 is 10.1 Å². The molecule has 6 heteroatoms. The smallest absolute Gasteiger partial charge is 0.265 e. The number of carbonyl (C=O) groups excluding carboxylic acids is 2. The monoisotopic (exact) mass is 460 g/mol. The maximum atomic E-state index is 14.1. The fraction of sp³-hybridized carbons (Fsp3) is 0.286. The van der Waals surface area contributed by atoms with E-state index in [9.17, 15) is 14.0 Å². The van der Waals surface area contributed by atoms with E-state index in [4.69, 9.17) is 4.74 Å². The molecule has 34 heavy (non-hydrogen) atoms. The molecular weight excluding hydrogens is 431 g/mol. The maximum absolute atomic E-state index is 14.1. The minimum Gasteiger partial charge on any atom is -0.481 e. The molecule has 4 rings (SSSR count). The van der Waals surface area contributed by atoms with Crippen LogP contribution in [0.25, 0.3) is 0 Å². The molecule has 0 bridgehead atoms. The van der Waals surface area contributed by atoms with Crippen molar-refractivity contribution >= 4 is 17.5 Å². The fourth-order valence-corrected chi connectivity index (χ4v) is 4.29. The van der Waals surface area contributed by atoms with Gasteiger partial charge < -0.3 is 15.0 Å². The molecule has 0 aromatic heterocycles. The molecule has 0 saturated carbocycles. The largest absolute Gasteiger partial charge is 0.481 e. The number of halogens is 1. The number of nitrogens with one attached hydrogen (secondary N) is 1. The predicted octanol–water partition coefficient (Wildman–Crippen LogP) is 5.36. The van der Waals surface area contributed by atoms with Crippen LogP contribution in [0.4, 0.5) is 10.1 Å². The van der Waals surface area contributed by atoms with Gasteiger partial charge in [-0.15, -0.1) is 0 Å². The second-order valence-corrected chi connectivity index (χ2v) is 8.87. The average Bonchev–Trinajstić information content (AvgIpc) is 2.83. The van der Waals surface area contributed by atoms with Crippen molar-refractivity contribution in [2.24, 2.45) is 5.92 Å². The van der Waals surface area contributed by atoms with Gasteiger partial charge in [-0.2, -0.15) is 0 Å². The molecule has 1 aliphatic rings. The first-order valence-corrected chi connectivity index (χ1v) is 11.5. The summed E-state index contributed by atoms with van der Waals surface area (Å²) in [5, 5.41) is 2.84. The number of hydrogen-bond donors (Lipinski definition) is 1. The van der Waals surface area contributed by atoms with Gasteiger partial charge in [0.05, 0.1) is 6.04 Å². The van der Waals surface area contributed by atoms with Crippen LogP contribution in [-0.4, -0.2) is 29.4 Å². The Bertz CT molecular complexity index is 1180. The quantitative estimate of drug-likeness (QED) is 0.539. The van der Waals surface area contributed by atoms with Gasteiger partial charge in [0, 0.05) is 18.2 Å². The van der Waals surface area contributed by atoms with E-state index >= 15 is 0 Å². The van der Waals surface area contributed by atoms with E-state index in [0.717, 1.165) is 11.1 Å². The first kappa shape index (κ1) is 23.5. The molecule has 1 heterocycles. The number of para-hydroxylation sites is 1. The van der Waals surface area contributed by atoms with Gasteiger partial charge in [0.2, 0.25) is 5.91 Å². The SMILES string of the molecule is CC(C)C(=O)N1CCc2ccc(O[C@H](C)C(=O)Nc3ccccc3)cc2[C@@H]1c1cccc(F)c1. The third kappa shape index (κ3) is 5.11. The Balaban J connectivity index is 1.63. The van der Waals surface area contributed by atoms with E-state index in [1.165, 1.54) is 12.1 Å². The Morgan fingerprint density at radius 1 is 1.00 bits per heavy atom. The van der Waals surface area contributed by atoms with Crippen molar-refractivity contribution in [3.63, 3.8) is 0 Å².